The first kappa shape index (κ1) is 16.8. The highest BCUT2D eigenvalue weighted by Crippen LogP contribution is 2.27. The van der Waals surface area contributed by atoms with Gasteiger partial charge in [-0.05, 0) is 0 Å². The minimum absolute atomic E-state index is 0.125. The molecule has 1 saturated heterocycles. The Morgan fingerprint density at radius 2 is 1.60 bits per heavy atom. The number of rotatable bonds is 5. The van der Waals surface area contributed by atoms with Crippen LogP contribution in [0.3, 0.4) is 0 Å². The molecule has 0 aromatic carbocycles. The van der Waals surface area contributed by atoms with Crippen molar-refractivity contribution in [2.45, 2.75) is 44.6 Å². The zero-order valence-corrected chi connectivity index (χ0v) is 11.9. The van der Waals surface area contributed by atoms with Crippen molar-refractivity contribution in [2.24, 2.45) is 0 Å². The molecule has 0 bridgehead atoms. The highest BCUT2D eigenvalue weighted by molar-refractivity contribution is 5.67. The van der Waals surface area contributed by atoms with Gasteiger partial charge in [0, 0.05) is 28.1 Å². The molecule has 1 aliphatic rings. The van der Waals surface area contributed by atoms with Gasteiger partial charge in [0.05, 0.1) is 6.61 Å². The molecule has 0 radical (unpaired) electrons. The van der Waals surface area contributed by atoms with Crippen molar-refractivity contribution in [1.82, 2.24) is 0 Å². The van der Waals surface area contributed by atoms with Gasteiger partial charge in [-0.3, -0.25) is 9.59 Å². The molecule has 0 aromatic heterocycles. The lowest BCUT2D eigenvalue weighted by Gasteiger charge is -2.42. The normalized spacial score (nSPS) is 33.5. The zero-order valence-electron chi connectivity index (χ0n) is 11.9. The van der Waals surface area contributed by atoms with Crippen LogP contribution < -0.4 is 0 Å². The Balaban J connectivity index is 2.97. The molecule has 1 fully saturated rings. The highest BCUT2D eigenvalue weighted by atomic mass is 16.7. The number of ether oxygens (including phenoxy) is 5. The predicted molar refractivity (Wildman–Crippen MR) is 64.7 cm³/mol. The quantitative estimate of drug-likeness (QED) is 0.659. The maximum absolute atomic E-state index is 11.2. The van der Waals surface area contributed by atoms with Crippen molar-refractivity contribution in [3.8, 4) is 0 Å². The van der Waals surface area contributed by atoms with Crippen LogP contribution in [0.4, 0.5) is 0 Å². The van der Waals surface area contributed by atoms with Crippen LogP contribution in [-0.2, 0) is 33.3 Å². The van der Waals surface area contributed by atoms with Gasteiger partial charge in [0.1, 0.15) is 12.2 Å². The Kier molecular flexibility index (Phi) is 6.34. The summed E-state index contributed by atoms with van der Waals surface area (Å²) in [6, 6.07) is 0. The van der Waals surface area contributed by atoms with Gasteiger partial charge in [0.25, 0.3) is 0 Å². The van der Waals surface area contributed by atoms with Crippen molar-refractivity contribution >= 4 is 11.9 Å². The third kappa shape index (κ3) is 4.14. The second-order valence-corrected chi connectivity index (χ2v) is 4.37. The molecule has 8 heteroatoms. The fourth-order valence-corrected chi connectivity index (χ4v) is 2.12. The highest BCUT2D eigenvalue weighted by Gasteiger charge is 2.49. The molecule has 116 valence electrons. The van der Waals surface area contributed by atoms with E-state index in [1.165, 1.54) is 28.1 Å². The van der Waals surface area contributed by atoms with E-state index in [0.29, 0.717) is 0 Å². The van der Waals surface area contributed by atoms with Crippen LogP contribution in [0.5, 0.6) is 0 Å². The van der Waals surface area contributed by atoms with E-state index in [9.17, 15) is 14.7 Å². The molecule has 3 unspecified atom stereocenters. The lowest BCUT2D eigenvalue weighted by Crippen LogP contribution is -2.61. The summed E-state index contributed by atoms with van der Waals surface area (Å²) in [5.74, 6) is -1.21. The van der Waals surface area contributed by atoms with Crippen LogP contribution in [-0.4, -0.2) is 68.6 Å². The van der Waals surface area contributed by atoms with E-state index in [2.05, 4.69) is 0 Å². The number of carbonyl (C=O) groups excluding carboxylic acids is 2. The second-order valence-electron chi connectivity index (χ2n) is 4.37. The summed E-state index contributed by atoms with van der Waals surface area (Å²) in [6.45, 7) is 2.52. The van der Waals surface area contributed by atoms with E-state index in [1.807, 2.05) is 0 Å². The summed E-state index contributed by atoms with van der Waals surface area (Å²) >= 11 is 0. The van der Waals surface area contributed by atoms with Gasteiger partial charge in [0.15, 0.2) is 18.5 Å². The van der Waals surface area contributed by atoms with Crippen LogP contribution in [0.1, 0.15) is 13.8 Å². The number of hydrogen-bond acceptors (Lipinski definition) is 8. The largest absolute Gasteiger partial charge is 0.455 e. The van der Waals surface area contributed by atoms with Crippen LogP contribution in [0.25, 0.3) is 0 Å². The fraction of sp³-hybridized carbons (Fsp3) is 0.833. The summed E-state index contributed by atoms with van der Waals surface area (Å²) in [5, 5.41) is 9.91. The molecule has 1 aliphatic heterocycles. The van der Waals surface area contributed by atoms with Gasteiger partial charge in [0.2, 0.25) is 0 Å². The summed E-state index contributed by atoms with van der Waals surface area (Å²) in [6.07, 6.45) is -4.96. The minimum Gasteiger partial charge on any atom is -0.455 e. The molecule has 0 aliphatic carbocycles. The van der Waals surface area contributed by atoms with Gasteiger partial charge in [-0.25, -0.2) is 0 Å². The van der Waals surface area contributed by atoms with Crippen LogP contribution in [0, 0.1) is 0 Å². The molecule has 0 saturated carbocycles. The van der Waals surface area contributed by atoms with Gasteiger partial charge in [-0.1, -0.05) is 0 Å². The van der Waals surface area contributed by atoms with Crippen molar-refractivity contribution in [1.29, 1.82) is 0 Å². The predicted octanol–water partition coefficient (Wildman–Crippen LogP) is -0.772. The third-order valence-electron chi connectivity index (χ3n) is 2.82. The van der Waals surface area contributed by atoms with Gasteiger partial charge < -0.3 is 28.8 Å². The molecule has 1 heterocycles. The fourth-order valence-electron chi connectivity index (χ4n) is 2.12. The molecule has 8 nitrogen and oxygen atoms in total. The Morgan fingerprint density at radius 1 is 1.05 bits per heavy atom. The van der Waals surface area contributed by atoms with E-state index in [0.717, 1.165) is 0 Å². The first-order valence-corrected chi connectivity index (χ1v) is 6.10. The van der Waals surface area contributed by atoms with Crippen molar-refractivity contribution in [2.75, 3.05) is 20.8 Å². The van der Waals surface area contributed by atoms with Crippen molar-refractivity contribution < 1.29 is 38.4 Å². The lowest BCUT2D eigenvalue weighted by molar-refractivity contribution is -0.297. The molecular formula is C12H20O8. The minimum atomic E-state index is -1.44. The maximum atomic E-state index is 11.2. The third-order valence-corrected chi connectivity index (χ3v) is 2.82. The lowest BCUT2D eigenvalue weighted by atomic mass is 9.98. The van der Waals surface area contributed by atoms with Gasteiger partial charge >= 0.3 is 11.9 Å². The molecule has 0 aromatic rings. The number of esters is 2. The molecule has 1 N–H and O–H groups in total. The van der Waals surface area contributed by atoms with Crippen molar-refractivity contribution in [3.63, 3.8) is 0 Å². The first-order chi connectivity index (χ1) is 9.40. The van der Waals surface area contributed by atoms with E-state index >= 15 is 0 Å². The number of aliphatic hydroxyl groups excluding tert-OH is 1. The zero-order chi connectivity index (χ0) is 15.3. The number of carbonyl (C=O) groups is 2. The van der Waals surface area contributed by atoms with E-state index in [-0.39, 0.29) is 6.61 Å². The molecule has 20 heavy (non-hydrogen) atoms. The monoisotopic (exact) mass is 292 g/mol. The average Bonchev–Trinajstić information content (AvgIpc) is 2.33. The summed E-state index contributed by atoms with van der Waals surface area (Å²) in [7, 11) is 2.86. The summed E-state index contributed by atoms with van der Waals surface area (Å²) in [5.41, 5.74) is 0. The second kappa shape index (κ2) is 7.53. The number of aliphatic hydroxyl groups is 1. The standard InChI is InChI=1S/C12H20O8/c1-6(13)18-10-9(17-4)8(5-16-3)20-12(15)11(10)19-7(2)14/h8-12,15H,5H2,1-4H3/t8?,9-,10?,11?,12-/m1/s1. The molecule has 0 spiro atoms. The Bertz CT molecular complexity index is 344. The van der Waals surface area contributed by atoms with E-state index in [4.69, 9.17) is 23.7 Å². The smallest absolute Gasteiger partial charge is 0.303 e. The molecule has 0 amide bonds. The number of hydrogen-bond donors (Lipinski definition) is 1. The van der Waals surface area contributed by atoms with Gasteiger partial charge in [-0.2, -0.15) is 0 Å². The molecule has 5 atom stereocenters. The Labute approximate surface area is 116 Å². The van der Waals surface area contributed by atoms with Crippen molar-refractivity contribution in [3.05, 3.63) is 0 Å². The molecular weight excluding hydrogens is 272 g/mol. The van der Waals surface area contributed by atoms with E-state index in [1.54, 1.807) is 0 Å². The van der Waals surface area contributed by atoms with Gasteiger partial charge in [-0.15, -0.1) is 0 Å². The maximum Gasteiger partial charge on any atom is 0.303 e. The number of methoxy groups -OCH3 is 2. The Morgan fingerprint density at radius 3 is 2.05 bits per heavy atom. The summed E-state index contributed by atoms with van der Waals surface area (Å²) < 4.78 is 25.6. The molecule has 1 rings (SSSR count). The Hall–Kier alpha value is -1.22. The van der Waals surface area contributed by atoms with Crippen LogP contribution in [0.15, 0.2) is 0 Å². The first-order valence-electron chi connectivity index (χ1n) is 6.10. The van der Waals surface area contributed by atoms with Crippen LogP contribution >= 0.6 is 0 Å². The summed E-state index contributed by atoms with van der Waals surface area (Å²) in [4.78, 5) is 22.3. The SMILES string of the molecule is COCC1O[C@@H](O)C(OC(C)=O)C(OC(C)=O)[C@@H]1OC. The topological polar surface area (TPSA) is 101 Å². The van der Waals surface area contributed by atoms with E-state index < -0.39 is 42.6 Å². The average molecular weight is 292 g/mol. The van der Waals surface area contributed by atoms with Crippen LogP contribution in [0.2, 0.25) is 0 Å².